The van der Waals surface area contributed by atoms with Crippen LogP contribution in [0.2, 0.25) is 0 Å². The van der Waals surface area contributed by atoms with Gasteiger partial charge in [0, 0.05) is 20.1 Å². The zero-order chi connectivity index (χ0) is 25.9. The molecular formula is C28H33N5O4. The first kappa shape index (κ1) is 24.8. The second-order valence-corrected chi connectivity index (χ2v) is 9.86. The van der Waals surface area contributed by atoms with Gasteiger partial charge in [-0.25, -0.2) is 4.79 Å². The van der Waals surface area contributed by atoms with Crippen molar-refractivity contribution in [1.82, 2.24) is 19.1 Å². The number of aliphatic hydroxyl groups excluding tert-OH is 1. The van der Waals surface area contributed by atoms with Gasteiger partial charge in [0.25, 0.3) is 5.56 Å². The lowest BCUT2D eigenvalue weighted by Crippen LogP contribution is -2.37. The minimum atomic E-state index is -0.886. The maximum Gasteiger partial charge on any atom is 0.329 e. The lowest BCUT2D eigenvalue weighted by Gasteiger charge is -2.33. The van der Waals surface area contributed by atoms with Crippen molar-refractivity contribution in [2.24, 2.45) is 13.0 Å². The molecule has 1 unspecified atom stereocenters. The number of aromatic nitrogens is 4. The van der Waals surface area contributed by atoms with Gasteiger partial charge in [0.15, 0.2) is 11.2 Å². The van der Waals surface area contributed by atoms with Crippen molar-refractivity contribution in [2.45, 2.75) is 38.8 Å². The molecule has 1 atom stereocenters. The third-order valence-corrected chi connectivity index (χ3v) is 7.17. The van der Waals surface area contributed by atoms with Crippen LogP contribution in [0.15, 0.2) is 64.2 Å². The van der Waals surface area contributed by atoms with E-state index < -0.39 is 17.4 Å². The number of hydrogen-bond acceptors (Lipinski definition) is 6. The van der Waals surface area contributed by atoms with Gasteiger partial charge in [-0.2, -0.15) is 4.98 Å². The molecule has 4 aromatic rings. The predicted molar refractivity (Wildman–Crippen MR) is 143 cm³/mol. The number of ether oxygens (including phenoxy) is 1. The van der Waals surface area contributed by atoms with Crippen LogP contribution < -0.4 is 20.9 Å². The number of anilines is 1. The highest BCUT2D eigenvalue weighted by Gasteiger charge is 2.27. The number of piperidine rings is 1. The van der Waals surface area contributed by atoms with Gasteiger partial charge in [-0.1, -0.05) is 48.5 Å². The average molecular weight is 504 g/mol. The minimum Gasteiger partial charge on any atom is -0.491 e. The average Bonchev–Trinajstić information content (AvgIpc) is 3.27. The number of rotatable bonds is 8. The van der Waals surface area contributed by atoms with Crippen LogP contribution in [-0.2, 0) is 20.0 Å². The molecule has 2 aromatic heterocycles. The fraction of sp³-hybridized carbons (Fsp3) is 0.393. The molecule has 2 aromatic carbocycles. The van der Waals surface area contributed by atoms with E-state index in [1.165, 1.54) is 10.1 Å². The van der Waals surface area contributed by atoms with E-state index in [1.54, 1.807) is 11.6 Å². The largest absolute Gasteiger partial charge is 0.491 e. The summed E-state index contributed by atoms with van der Waals surface area (Å²) in [6.45, 7) is 3.69. The van der Waals surface area contributed by atoms with Gasteiger partial charge in [0.05, 0.1) is 6.54 Å². The number of aryl methyl sites for hydroxylation is 2. The Kier molecular flexibility index (Phi) is 7.14. The van der Waals surface area contributed by atoms with Gasteiger partial charge in [-0.05, 0) is 49.3 Å². The van der Waals surface area contributed by atoms with Crippen molar-refractivity contribution in [2.75, 3.05) is 24.6 Å². The van der Waals surface area contributed by atoms with Crippen molar-refractivity contribution < 1.29 is 9.84 Å². The van der Waals surface area contributed by atoms with Gasteiger partial charge in [0.2, 0.25) is 5.95 Å². The van der Waals surface area contributed by atoms with Crippen LogP contribution in [0.1, 0.15) is 24.0 Å². The second kappa shape index (κ2) is 10.6. The molecule has 0 spiro atoms. The van der Waals surface area contributed by atoms with Crippen molar-refractivity contribution in [1.29, 1.82) is 0 Å². The molecule has 3 heterocycles. The molecule has 1 aliphatic heterocycles. The molecule has 0 saturated carbocycles. The van der Waals surface area contributed by atoms with E-state index >= 15 is 0 Å². The van der Waals surface area contributed by atoms with Crippen LogP contribution in [-0.4, -0.2) is 50.0 Å². The standard InChI is InChI=1S/C28H33N5O4/c1-19-8-6-7-11-23(19)37-18-22(34)17-33-24-25(31(2)28(36)30-26(24)35)29-27(33)32-14-12-21(13-15-32)16-20-9-4-3-5-10-20/h3-11,21-22,34H,12-18H2,1-2H3,(H,30,35,36). The van der Waals surface area contributed by atoms with E-state index in [9.17, 15) is 14.7 Å². The molecule has 37 heavy (non-hydrogen) atoms. The molecule has 5 rings (SSSR count). The third kappa shape index (κ3) is 5.32. The Hall–Kier alpha value is -3.85. The number of nitrogens with zero attached hydrogens (tertiary/aromatic N) is 4. The van der Waals surface area contributed by atoms with E-state index in [0.717, 1.165) is 37.9 Å². The first-order valence-electron chi connectivity index (χ1n) is 12.8. The molecule has 0 amide bonds. The Balaban J connectivity index is 1.38. The van der Waals surface area contributed by atoms with E-state index in [4.69, 9.17) is 9.72 Å². The topological polar surface area (TPSA) is 105 Å². The summed E-state index contributed by atoms with van der Waals surface area (Å²) >= 11 is 0. The third-order valence-electron chi connectivity index (χ3n) is 7.17. The quantitative estimate of drug-likeness (QED) is 0.383. The van der Waals surface area contributed by atoms with Crippen molar-refractivity contribution in [3.63, 3.8) is 0 Å². The Bertz CT molecular complexity index is 1480. The number of H-pyrrole nitrogens is 1. The lowest BCUT2D eigenvalue weighted by molar-refractivity contribution is 0.0932. The van der Waals surface area contributed by atoms with Crippen molar-refractivity contribution >= 4 is 17.1 Å². The maximum atomic E-state index is 12.9. The Labute approximate surface area is 215 Å². The summed E-state index contributed by atoms with van der Waals surface area (Å²) in [5.41, 5.74) is 1.88. The normalized spacial score (nSPS) is 15.3. The van der Waals surface area contributed by atoms with Gasteiger partial charge < -0.3 is 19.3 Å². The molecule has 0 radical (unpaired) electrons. The van der Waals surface area contributed by atoms with Gasteiger partial charge in [0.1, 0.15) is 18.5 Å². The van der Waals surface area contributed by atoms with E-state index in [1.807, 2.05) is 37.3 Å². The molecule has 1 saturated heterocycles. The molecule has 1 fully saturated rings. The Morgan fingerprint density at radius 3 is 2.51 bits per heavy atom. The van der Waals surface area contributed by atoms with Crippen molar-refractivity contribution in [3.05, 3.63) is 86.6 Å². The van der Waals surface area contributed by atoms with Crippen LogP contribution in [0, 0.1) is 12.8 Å². The Morgan fingerprint density at radius 1 is 1.08 bits per heavy atom. The van der Waals surface area contributed by atoms with Gasteiger partial charge in [-0.15, -0.1) is 0 Å². The molecule has 2 N–H and O–H groups in total. The zero-order valence-electron chi connectivity index (χ0n) is 21.3. The SMILES string of the molecule is Cc1ccccc1OCC(O)Cn1c(N2CCC(Cc3ccccc3)CC2)nc2c1c(=O)[nH]c(=O)n2C. The number of fused-ring (bicyclic) bond motifs is 1. The smallest absolute Gasteiger partial charge is 0.329 e. The summed E-state index contributed by atoms with van der Waals surface area (Å²) in [5.74, 6) is 1.87. The number of imidazole rings is 1. The van der Waals surface area contributed by atoms with Crippen molar-refractivity contribution in [3.8, 4) is 5.75 Å². The van der Waals surface area contributed by atoms with Gasteiger partial charge in [-0.3, -0.25) is 14.3 Å². The fourth-order valence-corrected chi connectivity index (χ4v) is 5.09. The van der Waals surface area contributed by atoms with E-state index in [0.29, 0.717) is 23.3 Å². The minimum absolute atomic E-state index is 0.0623. The zero-order valence-corrected chi connectivity index (χ0v) is 21.3. The lowest BCUT2D eigenvalue weighted by atomic mass is 9.90. The Morgan fingerprint density at radius 2 is 1.78 bits per heavy atom. The van der Waals surface area contributed by atoms with Crippen LogP contribution in [0.5, 0.6) is 5.75 Å². The number of hydrogen-bond donors (Lipinski definition) is 2. The van der Waals surface area contributed by atoms with E-state index in [2.05, 4.69) is 34.1 Å². The highest BCUT2D eigenvalue weighted by atomic mass is 16.5. The molecule has 9 heteroatoms. The summed E-state index contributed by atoms with van der Waals surface area (Å²) in [4.78, 5) is 34.4. The monoisotopic (exact) mass is 503 g/mol. The van der Waals surface area contributed by atoms with Gasteiger partial charge >= 0.3 is 5.69 Å². The summed E-state index contributed by atoms with van der Waals surface area (Å²) in [6, 6.07) is 18.1. The summed E-state index contributed by atoms with van der Waals surface area (Å²) in [5, 5.41) is 10.9. The summed E-state index contributed by atoms with van der Waals surface area (Å²) in [7, 11) is 1.59. The highest BCUT2D eigenvalue weighted by Crippen LogP contribution is 2.27. The van der Waals surface area contributed by atoms with Crippen LogP contribution in [0.25, 0.3) is 11.2 Å². The molecule has 0 bridgehead atoms. The highest BCUT2D eigenvalue weighted by molar-refractivity contribution is 5.74. The van der Waals surface area contributed by atoms with Crippen LogP contribution in [0.3, 0.4) is 0 Å². The van der Waals surface area contributed by atoms with Crippen LogP contribution >= 0.6 is 0 Å². The van der Waals surface area contributed by atoms with E-state index in [-0.39, 0.29) is 18.7 Å². The van der Waals surface area contributed by atoms with Crippen LogP contribution in [0.4, 0.5) is 5.95 Å². The first-order chi connectivity index (χ1) is 17.9. The molecule has 0 aliphatic carbocycles. The fourth-order valence-electron chi connectivity index (χ4n) is 5.09. The number of nitrogens with one attached hydrogen (secondary N) is 1. The second-order valence-electron chi connectivity index (χ2n) is 9.86. The molecular weight excluding hydrogens is 470 g/mol. The summed E-state index contributed by atoms with van der Waals surface area (Å²) in [6.07, 6.45) is 2.13. The maximum absolute atomic E-state index is 12.9. The number of para-hydroxylation sites is 1. The number of benzene rings is 2. The number of aromatic amines is 1. The molecule has 194 valence electrons. The molecule has 1 aliphatic rings. The molecule has 9 nitrogen and oxygen atoms in total. The number of aliphatic hydroxyl groups is 1. The first-order valence-corrected chi connectivity index (χ1v) is 12.8. The predicted octanol–water partition coefficient (Wildman–Crippen LogP) is 2.63. The summed E-state index contributed by atoms with van der Waals surface area (Å²) < 4.78 is 8.93.